The van der Waals surface area contributed by atoms with E-state index in [9.17, 15) is 23.1 Å². The van der Waals surface area contributed by atoms with Crippen molar-refractivity contribution in [2.75, 3.05) is 5.73 Å². The number of anilines is 1. The van der Waals surface area contributed by atoms with Crippen molar-refractivity contribution in [1.82, 2.24) is 0 Å². The second-order valence-corrected chi connectivity index (χ2v) is 4.81. The maximum absolute atomic E-state index is 12.3. The maximum Gasteiger partial charge on any atom is 0.573 e. The summed E-state index contributed by atoms with van der Waals surface area (Å²) in [5, 5.41) is 9.29. The highest BCUT2D eigenvalue weighted by Gasteiger charge is 2.37. The molecule has 0 spiro atoms. The summed E-state index contributed by atoms with van der Waals surface area (Å²) >= 11 is 0. The normalized spacial score (nSPS) is 17.4. The van der Waals surface area contributed by atoms with Crippen molar-refractivity contribution in [3.8, 4) is 5.75 Å². The van der Waals surface area contributed by atoms with Gasteiger partial charge in [0.1, 0.15) is 0 Å². The van der Waals surface area contributed by atoms with E-state index in [-0.39, 0.29) is 17.2 Å². The molecule has 0 bridgehead atoms. The van der Waals surface area contributed by atoms with Crippen molar-refractivity contribution >= 4 is 11.7 Å². The Balaban J connectivity index is 2.35. The molecule has 1 aromatic carbocycles. The maximum atomic E-state index is 12.3. The van der Waals surface area contributed by atoms with Crippen LogP contribution in [-0.4, -0.2) is 17.4 Å². The first kappa shape index (κ1) is 14.5. The molecule has 1 unspecified atom stereocenters. The highest BCUT2D eigenvalue weighted by molar-refractivity contribution is 5.80. The van der Waals surface area contributed by atoms with Crippen LogP contribution in [0.3, 0.4) is 0 Å². The third kappa shape index (κ3) is 2.97. The Morgan fingerprint density at radius 1 is 1.40 bits per heavy atom. The zero-order chi connectivity index (χ0) is 14.9. The Hall–Kier alpha value is -1.92. The predicted octanol–water partition coefficient (Wildman–Crippen LogP) is 3.14. The molecule has 7 heteroatoms. The number of hydrogen-bond donors (Lipinski definition) is 2. The van der Waals surface area contributed by atoms with Crippen molar-refractivity contribution in [3.63, 3.8) is 0 Å². The summed E-state index contributed by atoms with van der Waals surface area (Å²) in [4.78, 5) is 11.4. The molecule has 0 heterocycles. The van der Waals surface area contributed by atoms with Crippen LogP contribution in [0.1, 0.15) is 30.7 Å². The van der Waals surface area contributed by atoms with E-state index in [1.807, 2.05) is 0 Å². The number of para-hydroxylation sites is 1. The highest BCUT2D eigenvalue weighted by atomic mass is 19.4. The summed E-state index contributed by atoms with van der Waals surface area (Å²) in [7, 11) is 0. The second-order valence-electron chi connectivity index (χ2n) is 4.81. The lowest BCUT2D eigenvalue weighted by atomic mass is 9.72. The number of halogens is 3. The number of alkyl halides is 3. The van der Waals surface area contributed by atoms with Gasteiger partial charge >= 0.3 is 12.3 Å². The van der Waals surface area contributed by atoms with Crippen LogP contribution in [0.15, 0.2) is 18.2 Å². The second kappa shape index (κ2) is 5.22. The zero-order valence-corrected chi connectivity index (χ0v) is 10.5. The summed E-state index contributed by atoms with van der Waals surface area (Å²) < 4.78 is 40.6. The van der Waals surface area contributed by atoms with Gasteiger partial charge in [-0.25, -0.2) is 0 Å². The van der Waals surface area contributed by atoms with Gasteiger partial charge in [-0.15, -0.1) is 13.2 Å². The fraction of sp³-hybridized carbons (Fsp3) is 0.462. The molecular formula is C13H14F3NO3. The fourth-order valence-electron chi connectivity index (χ4n) is 2.41. The summed E-state index contributed by atoms with van der Waals surface area (Å²) in [6, 6.07) is 3.84. The SMILES string of the molecule is Nc1c(OC(F)(F)F)cccc1C(C(=O)O)C1CCC1. The van der Waals surface area contributed by atoms with E-state index < -0.39 is 24.0 Å². The molecule has 110 valence electrons. The van der Waals surface area contributed by atoms with Crippen molar-refractivity contribution < 1.29 is 27.8 Å². The fourth-order valence-corrected chi connectivity index (χ4v) is 2.41. The van der Waals surface area contributed by atoms with Gasteiger partial charge in [-0.2, -0.15) is 0 Å². The molecule has 20 heavy (non-hydrogen) atoms. The number of hydrogen-bond acceptors (Lipinski definition) is 3. The number of carboxylic acid groups (broad SMARTS) is 1. The Bertz CT molecular complexity index is 512. The molecule has 1 aliphatic rings. The molecule has 3 N–H and O–H groups in total. The van der Waals surface area contributed by atoms with Crippen LogP contribution < -0.4 is 10.5 Å². The van der Waals surface area contributed by atoms with Crippen LogP contribution in [0.5, 0.6) is 5.75 Å². The number of carbonyl (C=O) groups is 1. The number of aliphatic carboxylic acids is 1. The van der Waals surface area contributed by atoms with E-state index in [0.29, 0.717) is 0 Å². The van der Waals surface area contributed by atoms with Crippen LogP contribution in [-0.2, 0) is 4.79 Å². The highest BCUT2D eigenvalue weighted by Crippen LogP contribution is 2.43. The van der Waals surface area contributed by atoms with Gasteiger partial charge in [-0.1, -0.05) is 18.6 Å². The number of rotatable bonds is 4. The van der Waals surface area contributed by atoms with Gasteiger partial charge in [0.15, 0.2) is 5.75 Å². The monoisotopic (exact) mass is 289 g/mol. The van der Waals surface area contributed by atoms with Gasteiger partial charge < -0.3 is 15.6 Å². The lowest BCUT2D eigenvalue weighted by Gasteiger charge is -2.32. The summed E-state index contributed by atoms with van der Waals surface area (Å²) in [5.74, 6) is -2.61. The molecule has 1 atom stereocenters. The lowest BCUT2D eigenvalue weighted by molar-refractivity contribution is -0.274. The quantitative estimate of drug-likeness (QED) is 0.835. The van der Waals surface area contributed by atoms with E-state index in [0.717, 1.165) is 25.3 Å². The minimum atomic E-state index is -4.86. The molecule has 1 fully saturated rings. The third-order valence-corrected chi connectivity index (χ3v) is 3.55. The van der Waals surface area contributed by atoms with Crippen molar-refractivity contribution in [2.45, 2.75) is 31.5 Å². The molecule has 0 saturated heterocycles. The van der Waals surface area contributed by atoms with E-state index in [1.54, 1.807) is 0 Å². The minimum absolute atomic E-state index is 0.0871. The van der Waals surface area contributed by atoms with Crippen LogP contribution in [0.2, 0.25) is 0 Å². The molecule has 0 aliphatic heterocycles. The minimum Gasteiger partial charge on any atom is -0.481 e. The van der Waals surface area contributed by atoms with E-state index in [4.69, 9.17) is 5.73 Å². The Labute approximate surface area is 113 Å². The topological polar surface area (TPSA) is 72.5 Å². The van der Waals surface area contributed by atoms with Crippen molar-refractivity contribution in [1.29, 1.82) is 0 Å². The van der Waals surface area contributed by atoms with Crippen LogP contribution in [0.25, 0.3) is 0 Å². The third-order valence-electron chi connectivity index (χ3n) is 3.55. The van der Waals surface area contributed by atoms with Gasteiger partial charge in [-0.3, -0.25) is 4.79 Å². The van der Waals surface area contributed by atoms with E-state index in [1.165, 1.54) is 12.1 Å². The van der Waals surface area contributed by atoms with E-state index in [2.05, 4.69) is 4.74 Å². The number of carboxylic acids is 1. The zero-order valence-electron chi connectivity index (χ0n) is 10.5. The molecule has 1 aliphatic carbocycles. The van der Waals surface area contributed by atoms with Crippen LogP contribution in [0.4, 0.5) is 18.9 Å². The molecular weight excluding hydrogens is 275 g/mol. The van der Waals surface area contributed by atoms with Crippen LogP contribution >= 0.6 is 0 Å². The first-order valence-corrected chi connectivity index (χ1v) is 6.16. The van der Waals surface area contributed by atoms with Gasteiger partial charge in [0.2, 0.25) is 0 Å². The lowest BCUT2D eigenvalue weighted by Crippen LogP contribution is -2.28. The Morgan fingerprint density at radius 3 is 2.50 bits per heavy atom. The summed E-state index contributed by atoms with van der Waals surface area (Å²) in [5.41, 5.74) is 5.58. The van der Waals surface area contributed by atoms with Crippen molar-refractivity contribution in [3.05, 3.63) is 23.8 Å². The molecule has 0 radical (unpaired) electrons. The largest absolute Gasteiger partial charge is 0.573 e. The van der Waals surface area contributed by atoms with Crippen LogP contribution in [0, 0.1) is 5.92 Å². The average molecular weight is 289 g/mol. The average Bonchev–Trinajstić information content (AvgIpc) is 2.24. The number of benzene rings is 1. The van der Waals surface area contributed by atoms with Gasteiger partial charge in [0.25, 0.3) is 0 Å². The number of nitrogen functional groups attached to an aromatic ring is 1. The molecule has 4 nitrogen and oxygen atoms in total. The summed E-state index contributed by atoms with van der Waals surface area (Å²) in [6.45, 7) is 0. The number of nitrogens with two attached hydrogens (primary N) is 1. The Morgan fingerprint density at radius 2 is 2.05 bits per heavy atom. The molecule has 0 amide bonds. The predicted molar refractivity (Wildman–Crippen MR) is 65.3 cm³/mol. The molecule has 0 aromatic heterocycles. The van der Waals surface area contributed by atoms with Gasteiger partial charge in [0.05, 0.1) is 11.6 Å². The molecule has 1 saturated carbocycles. The summed E-state index contributed by atoms with van der Waals surface area (Å²) in [6.07, 6.45) is -2.46. The van der Waals surface area contributed by atoms with Gasteiger partial charge in [0, 0.05) is 0 Å². The van der Waals surface area contributed by atoms with Gasteiger partial charge in [-0.05, 0) is 30.4 Å². The first-order valence-electron chi connectivity index (χ1n) is 6.16. The Kier molecular flexibility index (Phi) is 3.78. The first-order chi connectivity index (χ1) is 9.29. The smallest absolute Gasteiger partial charge is 0.481 e. The number of ether oxygens (including phenoxy) is 1. The standard InChI is InChI=1S/C13H14F3NO3/c14-13(15,16)20-9-6-2-5-8(11(9)17)10(12(18)19)7-3-1-4-7/h2,5-7,10H,1,3-4,17H2,(H,18,19). The van der Waals surface area contributed by atoms with Crippen molar-refractivity contribution in [2.24, 2.45) is 5.92 Å². The van der Waals surface area contributed by atoms with E-state index >= 15 is 0 Å². The molecule has 2 rings (SSSR count). The molecule has 1 aromatic rings.